The van der Waals surface area contributed by atoms with Gasteiger partial charge in [0.15, 0.2) is 0 Å². The maximum atomic E-state index is 11.4. The number of carbonyl (C=O) groups excluding carboxylic acids is 2. The van der Waals surface area contributed by atoms with Crippen molar-refractivity contribution in [3.8, 4) is 0 Å². The number of carbonyl (C=O) groups is 3. The minimum atomic E-state index is -4.10. The van der Waals surface area contributed by atoms with E-state index in [2.05, 4.69) is 24.5 Å². The fourth-order valence-electron chi connectivity index (χ4n) is 2.22. The van der Waals surface area contributed by atoms with Crippen molar-refractivity contribution in [3.05, 3.63) is 28.2 Å². The highest BCUT2D eigenvalue weighted by molar-refractivity contribution is 8.13. The fourth-order valence-corrected chi connectivity index (χ4v) is 3.53. The highest BCUT2D eigenvalue weighted by Crippen LogP contribution is 2.31. The number of rotatable bonds is 11. The van der Waals surface area contributed by atoms with E-state index in [4.69, 9.17) is 42.9 Å². The summed E-state index contributed by atoms with van der Waals surface area (Å²) < 4.78 is 10.1. The van der Waals surface area contributed by atoms with Gasteiger partial charge in [0.25, 0.3) is 5.24 Å². The van der Waals surface area contributed by atoms with Crippen LogP contribution >= 0.6 is 42.6 Å². The summed E-state index contributed by atoms with van der Waals surface area (Å²) in [4.78, 5) is 55.5. The third kappa shape index (κ3) is 21.1. The Kier molecular flexibility index (Phi) is 21.7. The zero-order valence-corrected chi connectivity index (χ0v) is 24.8. The average Bonchev–Trinajstić information content (AvgIpc) is 2.80. The van der Waals surface area contributed by atoms with Crippen molar-refractivity contribution in [2.45, 2.75) is 33.6 Å². The molecule has 16 heteroatoms. The van der Waals surface area contributed by atoms with E-state index in [1.165, 1.54) is 25.9 Å². The lowest BCUT2D eigenvalue weighted by Gasteiger charge is -2.20. The van der Waals surface area contributed by atoms with Crippen LogP contribution in [0.5, 0.6) is 0 Å². The molecule has 0 radical (unpaired) electrons. The SMILES string of the molecule is CCCN(CCC)C(=O)SCC.CON(C)C(=O)Nc1ccc(Cl)c(Cl)c1.O=C(O)CNCP(=O)(O)O. The van der Waals surface area contributed by atoms with Crippen molar-refractivity contribution in [1.82, 2.24) is 15.3 Å². The van der Waals surface area contributed by atoms with Gasteiger partial charge in [0, 0.05) is 25.8 Å². The molecule has 0 spiro atoms. The molecule has 0 heterocycles. The van der Waals surface area contributed by atoms with Gasteiger partial charge in [-0.1, -0.05) is 55.7 Å². The van der Waals surface area contributed by atoms with Crippen LogP contribution in [-0.4, -0.2) is 87.9 Å². The van der Waals surface area contributed by atoms with Crippen LogP contribution in [-0.2, 0) is 14.2 Å². The molecule has 1 aromatic rings. The second kappa shape index (κ2) is 21.4. The van der Waals surface area contributed by atoms with Crippen molar-refractivity contribution in [1.29, 1.82) is 0 Å². The molecule has 1 rings (SSSR count). The molecule has 0 aliphatic heterocycles. The Hall–Kier alpha value is -1.57. The molecular weight excluding hydrogens is 570 g/mol. The molecule has 0 saturated carbocycles. The summed E-state index contributed by atoms with van der Waals surface area (Å²) in [5.74, 6) is -0.267. The molecule has 3 amide bonds. The number of amides is 3. The summed E-state index contributed by atoms with van der Waals surface area (Å²) in [6.45, 7) is 7.59. The number of hydrogen-bond donors (Lipinski definition) is 5. The van der Waals surface area contributed by atoms with Gasteiger partial charge in [-0.3, -0.25) is 24.3 Å². The Morgan fingerprint density at radius 3 is 2.05 bits per heavy atom. The van der Waals surface area contributed by atoms with Crippen LogP contribution in [0.4, 0.5) is 15.3 Å². The molecule has 0 unspecified atom stereocenters. The summed E-state index contributed by atoms with van der Waals surface area (Å²) in [6, 6.07) is 4.42. The molecule has 0 bridgehead atoms. The first-order valence-corrected chi connectivity index (χ1v) is 14.7. The minimum absolute atomic E-state index is 0.237. The number of aliphatic carboxylic acids is 1. The van der Waals surface area contributed by atoms with E-state index < -0.39 is 32.4 Å². The lowest BCUT2D eigenvalue weighted by atomic mass is 10.3. The Morgan fingerprint density at radius 2 is 1.65 bits per heavy atom. The van der Waals surface area contributed by atoms with Crippen molar-refractivity contribution < 1.29 is 38.7 Å². The number of nitrogens with zero attached hydrogens (tertiary/aromatic N) is 2. The van der Waals surface area contributed by atoms with Crippen LogP contribution in [0.25, 0.3) is 0 Å². The normalized spacial score (nSPS) is 10.3. The average molecular weight is 607 g/mol. The first kappa shape index (κ1) is 37.6. The fraction of sp³-hybridized carbons (Fsp3) is 0.571. The highest BCUT2D eigenvalue weighted by atomic mass is 35.5. The Morgan fingerprint density at radius 1 is 1.08 bits per heavy atom. The van der Waals surface area contributed by atoms with Gasteiger partial charge < -0.3 is 25.1 Å². The second-order valence-corrected chi connectivity index (χ2v) is 10.7. The Labute approximate surface area is 232 Å². The van der Waals surface area contributed by atoms with Gasteiger partial charge in [-0.25, -0.2) is 9.86 Å². The van der Waals surface area contributed by atoms with Gasteiger partial charge in [-0.2, -0.15) is 0 Å². The number of carboxylic acid groups (broad SMARTS) is 1. The zero-order chi connectivity index (χ0) is 29.0. The number of benzene rings is 1. The molecule has 37 heavy (non-hydrogen) atoms. The predicted octanol–water partition coefficient (Wildman–Crippen LogP) is 4.80. The smallest absolute Gasteiger partial charge is 0.345 e. The summed E-state index contributed by atoms with van der Waals surface area (Å²) in [7, 11) is -1.21. The van der Waals surface area contributed by atoms with E-state index in [-0.39, 0.29) is 5.24 Å². The second-order valence-electron chi connectivity index (χ2n) is 7.07. The predicted molar refractivity (Wildman–Crippen MR) is 148 cm³/mol. The molecule has 0 saturated heterocycles. The number of nitrogens with one attached hydrogen (secondary N) is 2. The molecule has 1 aromatic carbocycles. The molecule has 5 N–H and O–H groups in total. The third-order valence-corrected chi connectivity index (χ3v) is 6.01. The van der Waals surface area contributed by atoms with Crippen molar-refractivity contribution in [3.63, 3.8) is 0 Å². The Balaban J connectivity index is 0. The van der Waals surface area contributed by atoms with Gasteiger partial charge in [-0.05, 0) is 36.8 Å². The number of urea groups is 1. The molecular formula is C21H37Cl2N4O8PS. The van der Waals surface area contributed by atoms with E-state index in [9.17, 15) is 18.9 Å². The van der Waals surface area contributed by atoms with Crippen LogP contribution in [0.1, 0.15) is 33.6 Å². The first-order chi connectivity index (χ1) is 17.2. The summed E-state index contributed by atoms with van der Waals surface area (Å²) in [5, 5.41) is 14.8. The lowest BCUT2D eigenvalue weighted by Crippen LogP contribution is -2.30. The maximum Gasteiger partial charge on any atom is 0.345 e. The van der Waals surface area contributed by atoms with Crippen LogP contribution in [0.2, 0.25) is 10.0 Å². The minimum Gasteiger partial charge on any atom is -0.480 e. The van der Waals surface area contributed by atoms with E-state index in [1.54, 1.807) is 18.2 Å². The maximum absolute atomic E-state index is 11.4. The Bertz CT molecular complexity index is 873. The lowest BCUT2D eigenvalue weighted by molar-refractivity contribution is -0.135. The third-order valence-electron chi connectivity index (χ3n) is 3.84. The summed E-state index contributed by atoms with van der Waals surface area (Å²) in [5.41, 5.74) is 0.554. The summed E-state index contributed by atoms with van der Waals surface area (Å²) in [6.07, 6.45) is 1.51. The van der Waals surface area contributed by atoms with Gasteiger partial charge >= 0.3 is 19.6 Å². The first-order valence-electron chi connectivity index (χ1n) is 11.1. The van der Waals surface area contributed by atoms with E-state index in [0.29, 0.717) is 15.7 Å². The number of halogens is 2. The molecule has 0 aliphatic rings. The van der Waals surface area contributed by atoms with Crippen LogP contribution in [0, 0.1) is 0 Å². The number of hydroxylamine groups is 2. The number of thioether (sulfide) groups is 1. The quantitative estimate of drug-likeness (QED) is 0.174. The monoisotopic (exact) mass is 606 g/mol. The van der Waals surface area contributed by atoms with Crippen LogP contribution in [0.15, 0.2) is 18.2 Å². The van der Waals surface area contributed by atoms with Crippen LogP contribution in [0.3, 0.4) is 0 Å². The molecule has 12 nitrogen and oxygen atoms in total. The number of carboxylic acids is 1. The zero-order valence-electron chi connectivity index (χ0n) is 21.6. The van der Waals surface area contributed by atoms with Gasteiger partial charge in [0.1, 0.15) is 0 Å². The van der Waals surface area contributed by atoms with Crippen LogP contribution < -0.4 is 10.6 Å². The highest BCUT2D eigenvalue weighted by Gasteiger charge is 2.12. The molecule has 0 fully saturated rings. The number of anilines is 1. The summed E-state index contributed by atoms with van der Waals surface area (Å²) >= 11 is 12.9. The molecule has 214 valence electrons. The van der Waals surface area contributed by atoms with Crippen molar-refractivity contribution >= 4 is 65.5 Å². The van der Waals surface area contributed by atoms with E-state index in [0.717, 1.165) is 36.7 Å². The van der Waals surface area contributed by atoms with Crippen molar-refractivity contribution in [2.24, 2.45) is 0 Å². The standard InChI is InChI=1S/C9H10Cl2N2O2.C9H19NOS.C3H8NO5P/c1-13(15-2)9(14)12-6-3-4-7(10)8(11)5-6;1-4-7-10(8-5-2)9(11)12-6-3;5-3(6)1-4-2-10(7,8)9/h3-5H,1-2H3,(H,12,14);4-8H2,1-3H3;4H,1-2H2,(H,5,6)(H2,7,8,9). The number of hydrogen-bond acceptors (Lipinski definition) is 7. The van der Waals surface area contributed by atoms with Gasteiger partial charge in [-0.15, -0.1) is 0 Å². The largest absolute Gasteiger partial charge is 0.480 e. The van der Waals surface area contributed by atoms with Crippen molar-refractivity contribution in [2.75, 3.05) is 51.1 Å². The van der Waals surface area contributed by atoms with E-state index >= 15 is 0 Å². The molecule has 0 aromatic heterocycles. The molecule has 0 aliphatic carbocycles. The topological polar surface area (TPSA) is 169 Å². The van der Waals surface area contributed by atoms with Gasteiger partial charge in [0.2, 0.25) is 0 Å². The van der Waals surface area contributed by atoms with Gasteiger partial charge in [0.05, 0.1) is 30.0 Å². The molecule has 0 atom stereocenters. The van der Waals surface area contributed by atoms with E-state index in [1.807, 2.05) is 11.8 Å².